The Morgan fingerprint density at radius 2 is 2.00 bits per heavy atom. The molecule has 0 spiro atoms. The van der Waals surface area contributed by atoms with Crippen molar-refractivity contribution in [2.45, 2.75) is 18.3 Å². The maximum Gasteiger partial charge on any atom is 0.348 e. The number of aliphatic carboxylic acids is 2. The molecule has 8 nitrogen and oxygen atoms in total. The number of hydrogen-bond donors (Lipinski definition) is 2. The van der Waals surface area contributed by atoms with E-state index < -0.39 is 30.3 Å². The van der Waals surface area contributed by atoms with Gasteiger partial charge in [-0.25, -0.2) is 9.59 Å². The Hall–Kier alpha value is -2.55. The monoisotopic (exact) mass is 347 g/mol. The van der Waals surface area contributed by atoms with Crippen LogP contribution in [0.1, 0.15) is 5.56 Å². The molecule has 0 bridgehead atoms. The van der Waals surface area contributed by atoms with Crippen molar-refractivity contribution in [3.63, 3.8) is 0 Å². The third kappa shape index (κ3) is 3.60. The molecule has 0 amide bonds. The van der Waals surface area contributed by atoms with E-state index in [4.69, 9.17) is 14.2 Å². The number of carbonyl (C=O) groups is 2. The molecule has 1 saturated heterocycles. The van der Waals surface area contributed by atoms with Gasteiger partial charge in [-0.2, -0.15) is 0 Å². The molecule has 1 fully saturated rings. The predicted octanol–water partition coefficient (Wildman–Crippen LogP) is 1.07. The highest BCUT2D eigenvalue weighted by Crippen LogP contribution is 2.24. The van der Waals surface area contributed by atoms with E-state index in [-0.39, 0.29) is 13.2 Å². The van der Waals surface area contributed by atoms with E-state index in [1.807, 2.05) is 24.3 Å². The van der Waals surface area contributed by atoms with Crippen molar-refractivity contribution >= 4 is 22.8 Å². The molecule has 3 rings (SSSR count). The topological polar surface area (TPSA) is 115 Å². The van der Waals surface area contributed by atoms with Crippen LogP contribution in [0.3, 0.4) is 0 Å². The fourth-order valence-corrected chi connectivity index (χ4v) is 2.64. The van der Waals surface area contributed by atoms with Crippen LogP contribution in [0.15, 0.2) is 36.5 Å². The third-order valence-electron chi connectivity index (χ3n) is 3.91. The van der Waals surface area contributed by atoms with Crippen LogP contribution >= 0.6 is 0 Å². The van der Waals surface area contributed by atoms with Gasteiger partial charge in [0.15, 0.2) is 6.29 Å². The highest BCUT2D eigenvalue weighted by Gasteiger charge is 2.50. The van der Waals surface area contributed by atoms with Crippen molar-refractivity contribution < 1.29 is 34.0 Å². The molecule has 1 aromatic heterocycles. The number of ether oxygens (including phenoxy) is 3. The zero-order chi connectivity index (χ0) is 17.9. The maximum absolute atomic E-state index is 11.8. The highest BCUT2D eigenvalue weighted by atomic mass is 16.7. The van der Waals surface area contributed by atoms with Crippen LogP contribution in [0.5, 0.6) is 0 Å². The molecule has 132 valence electrons. The molecule has 1 aliphatic rings. The zero-order valence-corrected chi connectivity index (χ0v) is 13.3. The molecule has 2 N–H and O–H groups in total. The SMILES string of the molecule is O=C(O)C(Cc1cnc2ccccc2c1)(OC1COCCO1)C(=O)O. The van der Waals surface area contributed by atoms with Crippen molar-refractivity contribution in [2.24, 2.45) is 0 Å². The van der Waals surface area contributed by atoms with Gasteiger partial charge >= 0.3 is 11.9 Å². The van der Waals surface area contributed by atoms with Crippen molar-refractivity contribution in [1.82, 2.24) is 4.98 Å². The van der Waals surface area contributed by atoms with Crippen LogP contribution in [-0.4, -0.2) is 58.8 Å². The van der Waals surface area contributed by atoms with Crippen LogP contribution in [0.2, 0.25) is 0 Å². The number of pyridine rings is 1. The molecule has 1 unspecified atom stereocenters. The van der Waals surface area contributed by atoms with E-state index in [0.717, 1.165) is 10.9 Å². The smallest absolute Gasteiger partial charge is 0.348 e. The number of para-hydroxylation sites is 1. The minimum Gasteiger partial charge on any atom is -0.479 e. The molecule has 2 aromatic rings. The third-order valence-corrected chi connectivity index (χ3v) is 3.91. The second-order valence-corrected chi connectivity index (χ2v) is 5.64. The van der Waals surface area contributed by atoms with Crippen molar-refractivity contribution in [3.8, 4) is 0 Å². The van der Waals surface area contributed by atoms with Crippen molar-refractivity contribution in [3.05, 3.63) is 42.1 Å². The van der Waals surface area contributed by atoms with Gasteiger partial charge in [0.25, 0.3) is 5.60 Å². The summed E-state index contributed by atoms with van der Waals surface area (Å²) in [5, 5.41) is 19.9. The van der Waals surface area contributed by atoms with Crippen LogP contribution in [0, 0.1) is 0 Å². The van der Waals surface area contributed by atoms with E-state index in [1.165, 1.54) is 6.20 Å². The Balaban J connectivity index is 1.92. The number of nitrogens with zero attached hydrogens (tertiary/aromatic N) is 1. The van der Waals surface area contributed by atoms with E-state index >= 15 is 0 Å². The van der Waals surface area contributed by atoms with E-state index in [9.17, 15) is 19.8 Å². The standard InChI is InChI=1S/C17H17NO7/c19-15(20)17(16(21)22,25-14-10-23-5-6-24-14)8-11-7-12-3-1-2-4-13(12)18-9-11/h1-4,7,9,14H,5-6,8,10H2,(H,19,20)(H,21,22). The number of rotatable bonds is 6. The molecule has 0 saturated carbocycles. The number of benzene rings is 1. The van der Waals surface area contributed by atoms with Crippen molar-refractivity contribution in [2.75, 3.05) is 19.8 Å². The molecule has 1 aromatic carbocycles. The summed E-state index contributed by atoms with van der Waals surface area (Å²) in [6.07, 6.45) is -0.00530. The minimum atomic E-state index is -2.49. The average molecular weight is 347 g/mol. The molecule has 1 atom stereocenters. The van der Waals surface area contributed by atoms with Crippen LogP contribution < -0.4 is 0 Å². The first-order valence-electron chi connectivity index (χ1n) is 7.69. The summed E-state index contributed by atoms with van der Waals surface area (Å²) < 4.78 is 15.7. The lowest BCUT2D eigenvalue weighted by molar-refractivity contribution is -0.259. The Bertz CT molecular complexity index is 771. The van der Waals surface area contributed by atoms with E-state index in [2.05, 4.69) is 4.98 Å². The lowest BCUT2D eigenvalue weighted by Gasteiger charge is -2.32. The van der Waals surface area contributed by atoms with Gasteiger partial charge in [0.2, 0.25) is 0 Å². The summed E-state index contributed by atoms with van der Waals surface area (Å²) in [4.78, 5) is 27.8. The molecule has 2 heterocycles. The fraction of sp³-hybridized carbons (Fsp3) is 0.353. The fourth-order valence-electron chi connectivity index (χ4n) is 2.64. The molecule has 1 aliphatic heterocycles. The summed E-state index contributed by atoms with van der Waals surface area (Å²) >= 11 is 0. The summed E-state index contributed by atoms with van der Waals surface area (Å²) in [5.74, 6) is -3.22. The Kier molecular flexibility index (Phi) is 4.93. The van der Waals surface area contributed by atoms with Gasteiger partial charge in [0.1, 0.15) is 0 Å². The van der Waals surface area contributed by atoms with Crippen LogP contribution in [0.25, 0.3) is 10.9 Å². The maximum atomic E-state index is 11.8. The molecule has 0 aliphatic carbocycles. The second-order valence-electron chi connectivity index (χ2n) is 5.64. The highest BCUT2D eigenvalue weighted by molar-refractivity contribution is 6.02. The number of hydrogen-bond acceptors (Lipinski definition) is 6. The zero-order valence-electron chi connectivity index (χ0n) is 13.3. The Labute approximate surface area is 142 Å². The molecule has 8 heteroatoms. The minimum absolute atomic E-state index is 0.0295. The average Bonchev–Trinajstić information content (AvgIpc) is 2.61. The van der Waals surface area contributed by atoms with Crippen LogP contribution in [-0.2, 0) is 30.2 Å². The van der Waals surface area contributed by atoms with Gasteiger partial charge in [-0.15, -0.1) is 0 Å². The summed E-state index contributed by atoms with van der Waals surface area (Å²) in [5.41, 5.74) is -1.33. The summed E-state index contributed by atoms with van der Waals surface area (Å²) in [6, 6.07) is 8.97. The summed E-state index contributed by atoms with van der Waals surface area (Å²) in [7, 11) is 0. The molecular formula is C17H17NO7. The molecule has 0 radical (unpaired) electrons. The lowest BCUT2D eigenvalue weighted by Crippen LogP contribution is -2.54. The van der Waals surface area contributed by atoms with Crippen molar-refractivity contribution in [1.29, 1.82) is 0 Å². The first-order valence-corrected chi connectivity index (χ1v) is 7.69. The molecular weight excluding hydrogens is 330 g/mol. The van der Waals surface area contributed by atoms with Gasteiger partial charge in [-0.1, -0.05) is 18.2 Å². The Morgan fingerprint density at radius 1 is 1.24 bits per heavy atom. The number of carboxylic acid groups (broad SMARTS) is 2. The normalized spacial score (nSPS) is 18.2. The second kappa shape index (κ2) is 7.14. The predicted molar refractivity (Wildman–Crippen MR) is 85.1 cm³/mol. The van der Waals surface area contributed by atoms with E-state index in [0.29, 0.717) is 12.2 Å². The summed E-state index contributed by atoms with van der Waals surface area (Å²) in [6.45, 7) is 0.525. The Morgan fingerprint density at radius 3 is 2.68 bits per heavy atom. The van der Waals surface area contributed by atoms with Gasteiger partial charge in [0, 0.05) is 18.0 Å². The van der Waals surface area contributed by atoms with Gasteiger partial charge in [0.05, 0.1) is 25.3 Å². The van der Waals surface area contributed by atoms with Gasteiger partial charge in [-0.3, -0.25) is 4.98 Å². The largest absolute Gasteiger partial charge is 0.479 e. The van der Waals surface area contributed by atoms with Crippen LogP contribution in [0.4, 0.5) is 0 Å². The first-order chi connectivity index (χ1) is 12.0. The number of fused-ring (bicyclic) bond motifs is 1. The number of aromatic nitrogens is 1. The lowest BCUT2D eigenvalue weighted by atomic mass is 9.94. The first kappa shape index (κ1) is 17.3. The van der Waals surface area contributed by atoms with E-state index in [1.54, 1.807) is 6.07 Å². The quantitative estimate of drug-likeness (QED) is 0.746. The number of carboxylic acids is 2. The molecule has 25 heavy (non-hydrogen) atoms. The van der Waals surface area contributed by atoms with Gasteiger partial charge < -0.3 is 24.4 Å². The van der Waals surface area contributed by atoms with Gasteiger partial charge in [-0.05, 0) is 17.7 Å².